The molecule has 0 aliphatic rings. The summed E-state index contributed by atoms with van der Waals surface area (Å²) in [5.41, 5.74) is 6.38. The summed E-state index contributed by atoms with van der Waals surface area (Å²) in [5.74, 6) is 2.87. The van der Waals surface area contributed by atoms with Crippen LogP contribution in [0.3, 0.4) is 0 Å². The van der Waals surface area contributed by atoms with Crippen LogP contribution in [0, 0.1) is 23.7 Å². The van der Waals surface area contributed by atoms with E-state index in [1.165, 1.54) is 19.3 Å². The summed E-state index contributed by atoms with van der Waals surface area (Å²) in [7, 11) is 0. The molecule has 0 aromatic heterocycles. The van der Waals surface area contributed by atoms with E-state index in [9.17, 15) is 0 Å². The zero-order valence-electron chi connectivity index (χ0n) is 11.6. The summed E-state index contributed by atoms with van der Waals surface area (Å²) < 4.78 is 0. The average molecular weight is 213 g/mol. The van der Waals surface area contributed by atoms with Crippen molar-refractivity contribution < 1.29 is 0 Å². The minimum absolute atomic E-state index is 0.379. The van der Waals surface area contributed by atoms with E-state index in [1.54, 1.807) is 0 Å². The van der Waals surface area contributed by atoms with Crippen LogP contribution in [0.25, 0.3) is 0 Å². The Balaban J connectivity index is 4.21. The molecular formula is C14H31N. The van der Waals surface area contributed by atoms with Gasteiger partial charge in [-0.05, 0) is 30.1 Å². The van der Waals surface area contributed by atoms with Gasteiger partial charge < -0.3 is 5.73 Å². The van der Waals surface area contributed by atoms with Crippen LogP contribution >= 0.6 is 0 Å². The Bertz CT molecular complexity index is 153. The quantitative estimate of drug-likeness (QED) is 0.678. The number of rotatable bonds is 7. The van der Waals surface area contributed by atoms with Gasteiger partial charge in [-0.15, -0.1) is 0 Å². The van der Waals surface area contributed by atoms with E-state index < -0.39 is 0 Å². The second kappa shape index (κ2) is 7.27. The standard InChI is InChI=1S/C14H31N/c1-7-11(5)9-12(6)14(15)13(8-2)10(3)4/h10-14H,7-9,15H2,1-6H3. The molecule has 0 aliphatic carbocycles. The van der Waals surface area contributed by atoms with Gasteiger partial charge in [0.15, 0.2) is 0 Å². The molecule has 0 saturated heterocycles. The molecule has 1 nitrogen and oxygen atoms in total. The summed E-state index contributed by atoms with van der Waals surface area (Å²) in [5, 5.41) is 0. The minimum Gasteiger partial charge on any atom is -0.327 e. The molecule has 0 saturated carbocycles. The molecule has 1 heteroatoms. The van der Waals surface area contributed by atoms with Crippen molar-refractivity contribution in [3.63, 3.8) is 0 Å². The monoisotopic (exact) mass is 213 g/mol. The Morgan fingerprint density at radius 1 is 0.933 bits per heavy atom. The third-order valence-electron chi connectivity index (χ3n) is 3.95. The maximum Gasteiger partial charge on any atom is 0.00954 e. The first-order valence-corrected chi connectivity index (χ1v) is 6.69. The lowest BCUT2D eigenvalue weighted by Crippen LogP contribution is -2.39. The topological polar surface area (TPSA) is 26.0 Å². The third-order valence-corrected chi connectivity index (χ3v) is 3.95. The molecule has 2 N–H and O–H groups in total. The molecule has 0 aromatic rings. The van der Waals surface area contributed by atoms with Crippen LogP contribution in [0.15, 0.2) is 0 Å². The van der Waals surface area contributed by atoms with Crippen molar-refractivity contribution in [1.29, 1.82) is 0 Å². The lowest BCUT2D eigenvalue weighted by atomic mass is 9.78. The molecule has 4 atom stereocenters. The minimum atomic E-state index is 0.379. The van der Waals surface area contributed by atoms with Gasteiger partial charge in [-0.1, -0.05) is 54.4 Å². The van der Waals surface area contributed by atoms with Crippen LogP contribution in [-0.4, -0.2) is 6.04 Å². The fourth-order valence-electron chi connectivity index (χ4n) is 2.57. The molecule has 4 unspecified atom stereocenters. The van der Waals surface area contributed by atoms with Gasteiger partial charge in [-0.2, -0.15) is 0 Å². The molecule has 15 heavy (non-hydrogen) atoms. The normalized spacial score (nSPS) is 20.0. The van der Waals surface area contributed by atoms with E-state index in [1.807, 2.05) is 0 Å². The summed E-state index contributed by atoms with van der Waals surface area (Å²) in [4.78, 5) is 0. The molecule has 0 fully saturated rings. The Labute approximate surface area is 96.8 Å². The number of hydrogen-bond acceptors (Lipinski definition) is 1. The Kier molecular flexibility index (Phi) is 7.25. The molecular weight excluding hydrogens is 182 g/mol. The van der Waals surface area contributed by atoms with Crippen LogP contribution in [0.5, 0.6) is 0 Å². The van der Waals surface area contributed by atoms with Crippen molar-refractivity contribution in [3.8, 4) is 0 Å². The van der Waals surface area contributed by atoms with Crippen LogP contribution in [0.2, 0.25) is 0 Å². The lowest BCUT2D eigenvalue weighted by molar-refractivity contribution is 0.226. The largest absolute Gasteiger partial charge is 0.327 e. The van der Waals surface area contributed by atoms with Crippen molar-refractivity contribution in [2.45, 2.75) is 66.8 Å². The smallest absolute Gasteiger partial charge is 0.00954 e. The highest BCUT2D eigenvalue weighted by atomic mass is 14.7. The van der Waals surface area contributed by atoms with Crippen LogP contribution in [0.4, 0.5) is 0 Å². The van der Waals surface area contributed by atoms with Gasteiger partial charge >= 0.3 is 0 Å². The van der Waals surface area contributed by atoms with Gasteiger partial charge in [0.25, 0.3) is 0 Å². The average Bonchev–Trinajstić information content (AvgIpc) is 2.17. The van der Waals surface area contributed by atoms with Gasteiger partial charge in [0.2, 0.25) is 0 Å². The molecule has 0 radical (unpaired) electrons. The van der Waals surface area contributed by atoms with Gasteiger partial charge in [0.05, 0.1) is 0 Å². The zero-order valence-corrected chi connectivity index (χ0v) is 11.6. The Morgan fingerprint density at radius 2 is 1.47 bits per heavy atom. The van der Waals surface area contributed by atoms with Crippen LogP contribution < -0.4 is 5.73 Å². The van der Waals surface area contributed by atoms with E-state index in [4.69, 9.17) is 5.73 Å². The SMILES string of the molecule is CCC(C)CC(C)C(N)C(CC)C(C)C. The molecule has 0 bridgehead atoms. The second-order valence-corrected chi connectivity index (χ2v) is 5.62. The van der Waals surface area contributed by atoms with E-state index >= 15 is 0 Å². The number of hydrogen-bond donors (Lipinski definition) is 1. The van der Waals surface area contributed by atoms with E-state index in [0.29, 0.717) is 23.8 Å². The number of nitrogens with two attached hydrogens (primary N) is 1. The van der Waals surface area contributed by atoms with Crippen LogP contribution in [-0.2, 0) is 0 Å². The zero-order chi connectivity index (χ0) is 12.0. The van der Waals surface area contributed by atoms with Crippen molar-refractivity contribution >= 4 is 0 Å². The predicted octanol–water partition coefficient (Wildman–Crippen LogP) is 4.07. The molecule has 0 spiro atoms. The summed E-state index contributed by atoms with van der Waals surface area (Å²) in [6.45, 7) is 13.8. The lowest BCUT2D eigenvalue weighted by Gasteiger charge is -2.32. The van der Waals surface area contributed by atoms with Crippen molar-refractivity contribution in [1.82, 2.24) is 0 Å². The highest BCUT2D eigenvalue weighted by Gasteiger charge is 2.25. The first-order valence-electron chi connectivity index (χ1n) is 6.69. The second-order valence-electron chi connectivity index (χ2n) is 5.62. The van der Waals surface area contributed by atoms with Crippen LogP contribution in [0.1, 0.15) is 60.8 Å². The molecule has 0 aliphatic heterocycles. The van der Waals surface area contributed by atoms with Gasteiger partial charge in [-0.3, -0.25) is 0 Å². The van der Waals surface area contributed by atoms with E-state index in [2.05, 4.69) is 41.5 Å². The molecule has 0 aromatic carbocycles. The van der Waals surface area contributed by atoms with Gasteiger partial charge in [0.1, 0.15) is 0 Å². The first-order chi connectivity index (χ1) is 6.93. The van der Waals surface area contributed by atoms with Crippen molar-refractivity contribution in [3.05, 3.63) is 0 Å². The highest BCUT2D eigenvalue weighted by Crippen LogP contribution is 2.26. The third kappa shape index (κ3) is 5.01. The fraction of sp³-hybridized carbons (Fsp3) is 1.00. The molecule has 92 valence electrons. The maximum absolute atomic E-state index is 6.38. The van der Waals surface area contributed by atoms with Crippen molar-refractivity contribution in [2.24, 2.45) is 29.4 Å². The molecule has 0 rings (SSSR count). The molecule has 0 amide bonds. The summed E-state index contributed by atoms with van der Waals surface area (Å²) in [6, 6.07) is 0.379. The maximum atomic E-state index is 6.38. The summed E-state index contributed by atoms with van der Waals surface area (Å²) >= 11 is 0. The first kappa shape index (κ1) is 15.0. The highest BCUT2D eigenvalue weighted by molar-refractivity contribution is 4.80. The van der Waals surface area contributed by atoms with Gasteiger partial charge in [0, 0.05) is 6.04 Å². The summed E-state index contributed by atoms with van der Waals surface area (Å²) in [6.07, 6.45) is 3.76. The van der Waals surface area contributed by atoms with E-state index in [0.717, 1.165) is 5.92 Å². The molecule has 0 heterocycles. The predicted molar refractivity (Wildman–Crippen MR) is 69.8 cm³/mol. The van der Waals surface area contributed by atoms with Crippen molar-refractivity contribution in [2.75, 3.05) is 0 Å². The Hall–Kier alpha value is -0.0400. The van der Waals surface area contributed by atoms with Gasteiger partial charge in [-0.25, -0.2) is 0 Å². The fourth-order valence-corrected chi connectivity index (χ4v) is 2.57. The van der Waals surface area contributed by atoms with E-state index in [-0.39, 0.29) is 0 Å². The Morgan fingerprint density at radius 3 is 1.80 bits per heavy atom.